The molecule has 2 rings (SSSR count). The molecule has 0 aliphatic heterocycles. The first-order chi connectivity index (χ1) is 9.13. The van der Waals surface area contributed by atoms with E-state index in [2.05, 4.69) is 21.2 Å². The Bertz CT molecular complexity index is 558. The zero-order valence-electron chi connectivity index (χ0n) is 10.7. The van der Waals surface area contributed by atoms with Crippen molar-refractivity contribution >= 4 is 27.3 Å². The van der Waals surface area contributed by atoms with Crippen molar-refractivity contribution in [1.82, 2.24) is 5.32 Å². The van der Waals surface area contributed by atoms with E-state index in [4.69, 9.17) is 4.74 Å². The molecule has 5 heteroatoms. The second-order valence-corrected chi connectivity index (χ2v) is 5.97. The SMILES string of the molecule is CNC(Cc1ccc(F)cc1Br)c1cc(OC)cs1. The van der Waals surface area contributed by atoms with Crippen LogP contribution < -0.4 is 10.1 Å². The van der Waals surface area contributed by atoms with Crippen LogP contribution in [0.2, 0.25) is 0 Å². The number of likely N-dealkylation sites (N-methyl/N-ethyl adjacent to an activating group) is 1. The van der Waals surface area contributed by atoms with Gasteiger partial charge < -0.3 is 10.1 Å². The van der Waals surface area contributed by atoms with Gasteiger partial charge in [0.15, 0.2) is 0 Å². The van der Waals surface area contributed by atoms with E-state index in [9.17, 15) is 4.39 Å². The lowest BCUT2D eigenvalue weighted by atomic mass is 10.0. The van der Waals surface area contributed by atoms with Gasteiger partial charge in [-0.05, 0) is 37.2 Å². The number of hydrogen-bond acceptors (Lipinski definition) is 3. The first-order valence-corrected chi connectivity index (χ1v) is 7.55. The summed E-state index contributed by atoms with van der Waals surface area (Å²) in [6.45, 7) is 0. The largest absolute Gasteiger partial charge is 0.496 e. The summed E-state index contributed by atoms with van der Waals surface area (Å²) >= 11 is 5.07. The van der Waals surface area contributed by atoms with E-state index >= 15 is 0 Å². The highest BCUT2D eigenvalue weighted by Gasteiger charge is 2.14. The third kappa shape index (κ3) is 3.55. The summed E-state index contributed by atoms with van der Waals surface area (Å²) in [7, 11) is 3.59. The monoisotopic (exact) mass is 343 g/mol. The lowest BCUT2D eigenvalue weighted by molar-refractivity contribution is 0.416. The zero-order chi connectivity index (χ0) is 13.8. The highest BCUT2D eigenvalue weighted by Crippen LogP contribution is 2.30. The van der Waals surface area contributed by atoms with Gasteiger partial charge in [-0.25, -0.2) is 4.39 Å². The van der Waals surface area contributed by atoms with Crippen molar-refractivity contribution < 1.29 is 9.13 Å². The Morgan fingerprint density at radius 3 is 2.79 bits per heavy atom. The summed E-state index contributed by atoms with van der Waals surface area (Å²) < 4.78 is 19.1. The molecule has 1 atom stereocenters. The Labute approximate surface area is 124 Å². The van der Waals surface area contributed by atoms with Crippen LogP contribution in [0.25, 0.3) is 0 Å². The number of benzene rings is 1. The van der Waals surface area contributed by atoms with E-state index in [0.29, 0.717) is 0 Å². The molecule has 0 saturated carbocycles. The Morgan fingerprint density at radius 1 is 1.42 bits per heavy atom. The lowest BCUT2D eigenvalue weighted by Crippen LogP contribution is -2.17. The molecule has 0 fully saturated rings. The molecule has 102 valence electrons. The average molecular weight is 344 g/mol. The predicted octanol–water partition coefficient (Wildman–Crippen LogP) is 4.16. The predicted molar refractivity (Wildman–Crippen MR) is 80.5 cm³/mol. The normalized spacial score (nSPS) is 12.4. The van der Waals surface area contributed by atoms with E-state index in [-0.39, 0.29) is 11.9 Å². The van der Waals surface area contributed by atoms with Gasteiger partial charge in [0.1, 0.15) is 11.6 Å². The van der Waals surface area contributed by atoms with Gasteiger partial charge in [-0.2, -0.15) is 0 Å². The number of hydrogen-bond donors (Lipinski definition) is 1. The molecule has 0 aliphatic rings. The highest BCUT2D eigenvalue weighted by atomic mass is 79.9. The van der Waals surface area contributed by atoms with Crippen LogP contribution in [0.4, 0.5) is 4.39 Å². The van der Waals surface area contributed by atoms with Crippen molar-refractivity contribution in [2.75, 3.05) is 14.2 Å². The number of nitrogens with one attached hydrogen (secondary N) is 1. The molecule has 2 nitrogen and oxygen atoms in total. The number of rotatable bonds is 5. The van der Waals surface area contributed by atoms with Crippen molar-refractivity contribution in [3.8, 4) is 5.75 Å². The van der Waals surface area contributed by atoms with Gasteiger partial charge in [-0.3, -0.25) is 0 Å². The molecule has 0 amide bonds. The number of thiophene rings is 1. The molecule has 2 aromatic rings. The quantitative estimate of drug-likeness (QED) is 0.879. The van der Waals surface area contributed by atoms with Gasteiger partial charge >= 0.3 is 0 Å². The molecule has 0 spiro atoms. The fraction of sp³-hybridized carbons (Fsp3) is 0.286. The summed E-state index contributed by atoms with van der Waals surface area (Å²) in [6.07, 6.45) is 0.793. The van der Waals surface area contributed by atoms with Crippen LogP contribution in [0.3, 0.4) is 0 Å². The van der Waals surface area contributed by atoms with Crippen LogP contribution in [0.5, 0.6) is 5.75 Å². The second kappa shape index (κ2) is 6.50. The molecule has 0 aliphatic carbocycles. The van der Waals surface area contributed by atoms with Crippen molar-refractivity contribution in [3.63, 3.8) is 0 Å². The zero-order valence-corrected chi connectivity index (χ0v) is 13.1. The molecule has 1 aromatic heterocycles. The minimum absolute atomic E-state index is 0.190. The summed E-state index contributed by atoms with van der Waals surface area (Å²) in [5.74, 6) is 0.646. The molecule has 19 heavy (non-hydrogen) atoms. The standard InChI is InChI=1S/C14H15BrFNOS/c1-17-13(14-7-11(18-2)8-19-14)5-9-3-4-10(16)6-12(9)15/h3-4,6-8,13,17H,5H2,1-2H3. The summed E-state index contributed by atoms with van der Waals surface area (Å²) in [6, 6.07) is 7.02. The minimum Gasteiger partial charge on any atom is -0.496 e. The molecule has 0 bridgehead atoms. The Morgan fingerprint density at radius 2 is 2.21 bits per heavy atom. The number of ether oxygens (including phenoxy) is 1. The molecule has 0 saturated heterocycles. The van der Waals surface area contributed by atoms with Crippen LogP contribution in [0.1, 0.15) is 16.5 Å². The topological polar surface area (TPSA) is 21.3 Å². The summed E-state index contributed by atoms with van der Waals surface area (Å²) in [5.41, 5.74) is 1.08. The van der Waals surface area contributed by atoms with Crippen LogP contribution in [-0.4, -0.2) is 14.2 Å². The van der Waals surface area contributed by atoms with Gasteiger partial charge in [0.05, 0.1) is 7.11 Å². The Kier molecular flexibility index (Phi) is 4.96. The highest BCUT2D eigenvalue weighted by molar-refractivity contribution is 9.10. The van der Waals surface area contributed by atoms with E-state index in [0.717, 1.165) is 22.2 Å². The fourth-order valence-corrected chi connectivity index (χ4v) is 3.36. The number of halogens is 2. The fourth-order valence-electron chi connectivity index (χ4n) is 1.88. The van der Waals surface area contributed by atoms with Crippen LogP contribution in [0, 0.1) is 5.82 Å². The van der Waals surface area contributed by atoms with Crippen LogP contribution in [-0.2, 0) is 6.42 Å². The van der Waals surface area contributed by atoms with Crippen LogP contribution in [0.15, 0.2) is 34.1 Å². The first kappa shape index (κ1) is 14.5. The molecule has 1 aromatic carbocycles. The van der Waals surface area contributed by atoms with E-state index in [1.165, 1.54) is 17.0 Å². The van der Waals surface area contributed by atoms with Crippen molar-refractivity contribution in [1.29, 1.82) is 0 Å². The summed E-state index contributed by atoms with van der Waals surface area (Å²) in [5, 5.41) is 5.27. The van der Waals surface area contributed by atoms with Gasteiger partial charge in [0, 0.05) is 20.8 Å². The third-order valence-electron chi connectivity index (χ3n) is 2.96. The van der Waals surface area contributed by atoms with Crippen molar-refractivity contribution in [3.05, 3.63) is 50.4 Å². The minimum atomic E-state index is -0.227. The molecular weight excluding hydrogens is 329 g/mol. The Hall–Kier alpha value is -0.910. The van der Waals surface area contributed by atoms with Gasteiger partial charge in [0.2, 0.25) is 0 Å². The maximum absolute atomic E-state index is 13.1. The van der Waals surface area contributed by atoms with Crippen LogP contribution >= 0.6 is 27.3 Å². The van der Waals surface area contributed by atoms with Gasteiger partial charge in [-0.1, -0.05) is 22.0 Å². The molecule has 1 heterocycles. The maximum atomic E-state index is 13.1. The second-order valence-electron chi connectivity index (χ2n) is 4.17. The molecule has 0 radical (unpaired) electrons. The van der Waals surface area contributed by atoms with Crippen molar-refractivity contribution in [2.45, 2.75) is 12.5 Å². The smallest absolute Gasteiger partial charge is 0.129 e. The molecular formula is C14H15BrFNOS. The van der Waals surface area contributed by atoms with Gasteiger partial charge in [0.25, 0.3) is 0 Å². The van der Waals surface area contributed by atoms with E-state index in [1.54, 1.807) is 18.4 Å². The molecule has 1 unspecified atom stereocenters. The van der Waals surface area contributed by atoms with Gasteiger partial charge in [-0.15, -0.1) is 11.3 Å². The molecule has 1 N–H and O–H groups in total. The first-order valence-electron chi connectivity index (χ1n) is 5.87. The lowest BCUT2D eigenvalue weighted by Gasteiger charge is -2.15. The Balaban J connectivity index is 2.18. The van der Waals surface area contributed by atoms with Crippen molar-refractivity contribution in [2.24, 2.45) is 0 Å². The van der Waals surface area contributed by atoms with E-state index < -0.39 is 0 Å². The average Bonchev–Trinajstić information content (AvgIpc) is 2.86. The summed E-state index contributed by atoms with van der Waals surface area (Å²) in [4.78, 5) is 1.20. The maximum Gasteiger partial charge on any atom is 0.129 e. The van der Waals surface area contributed by atoms with E-state index in [1.807, 2.05) is 24.6 Å². The third-order valence-corrected chi connectivity index (χ3v) is 4.73. The number of methoxy groups -OCH3 is 1.